The van der Waals surface area contributed by atoms with Crippen molar-refractivity contribution in [3.8, 4) is 0 Å². The standard InChI is InChI=1S/C10H20N2O3/c1-12(8-3-5-15-6-4-8)10(13)9(7-11)14-2/h8-9H,3-7,11H2,1-2H3. The number of nitrogens with zero attached hydrogens (tertiary/aromatic N) is 1. The monoisotopic (exact) mass is 216 g/mol. The molecule has 1 aliphatic heterocycles. The van der Waals surface area contributed by atoms with Crippen LogP contribution in [0.3, 0.4) is 0 Å². The van der Waals surface area contributed by atoms with Crippen LogP contribution in [0.25, 0.3) is 0 Å². The minimum atomic E-state index is -0.516. The van der Waals surface area contributed by atoms with Gasteiger partial charge in [0.15, 0.2) is 0 Å². The number of likely N-dealkylation sites (N-methyl/N-ethyl adjacent to an activating group) is 1. The van der Waals surface area contributed by atoms with Crippen LogP contribution in [0, 0.1) is 0 Å². The van der Waals surface area contributed by atoms with Crippen molar-refractivity contribution in [3.05, 3.63) is 0 Å². The summed E-state index contributed by atoms with van der Waals surface area (Å²) in [5.41, 5.74) is 5.45. The maximum atomic E-state index is 11.9. The molecule has 1 aliphatic rings. The lowest BCUT2D eigenvalue weighted by atomic mass is 10.1. The van der Waals surface area contributed by atoms with E-state index in [4.69, 9.17) is 15.2 Å². The molecule has 1 unspecified atom stereocenters. The summed E-state index contributed by atoms with van der Waals surface area (Å²) in [6.07, 6.45) is 1.27. The number of methoxy groups -OCH3 is 1. The summed E-state index contributed by atoms with van der Waals surface area (Å²) >= 11 is 0. The van der Waals surface area contributed by atoms with Crippen molar-refractivity contribution in [3.63, 3.8) is 0 Å². The Bertz CT molecular complexity index is 201. The maximum absolute atomic E-state index is 11.9. The van der Waals surface area contributed by atoms with E-state index in [1.807, 2.05) is 0 Å². The van der Waals surface area contributed by atoms with E-state index in [1.54, 1.807) is 11.9 Å². The van der Waals surface area contributed by atoms with E-state index in [-0.39, 0.29) is 18.5 Å². The molecule has 0 aromatic carbocycles. The number of ether oxygens (including phenoxy) is 2. The summed E-state index contributed by atoms with van der Waals surface area (Å²) in [6.45, 7) is 1.67. The van der Waals surface area contributed by atoms with Gasteiger partial charge in [0.2, 0.25) is 0 Å². The smallest absolute Gasteiger partial charge is 0.252 e. The highest BCUT2D eigenvalue weighted by Gasteiger charge is 2.27. The summed E-state index contributed by atoms with van der Waals surface area (Å²) in [5, 5.41) is 0. The first kappa shape index (κ1) is 12.4. The number of carbonyl (C=O) groups excluding carboxylic acids is 1. The van der Waals surface area contributed by atoms with Crippen molar-refractivity contribution in [1.82, 2.24) is 4.90 Å². The highest BCUT2D eigenvalue weighted by atomic mass is 16.5. The molecular formula is C10H20N2O3. The van der Waals surface area contributed by atoms with E-state index >= 15 is 0 Å². The molecule has 0 aromatic heterocycles. The van der Waals surface area contributed by atoms with E-state index < -0.39 is 6.10 Å². The first-order chi connectivity index (χ1) is 7.20. The molecule has 1 saturated heterocycles. The summed E-state index contributed by atoms with van der Waals surface area (Å²) in [7, 11) is 3.31. The minimum Gasteiger partial charge on any atom is -0.381 e. The van der Waals surface area contributed by atoms with Gasteiger partial charge in [0.25, 0.3) is 5.91 Å². The fourth-order valence-corrected chi connectivity index (χ4v) is 1.78. The van der Waals surface area contributed by atoms with Gasteiger partial charge in [0.05, 0.1) is 0 Å². The van der Waals surface area contributed by atoms with E-state index in [0.29, 0.717) is 0 Å². The largest absolute Gasteiger partial charge is 0.381 e. The third-order valence-corrected chi connectivity index (χ3v) is 2.86. The number of carbonyl (C=O) groups is 1. The van der Waals surface area contributed by atoms with Crippen molar-refractivity contribution < 1.29 is 14.3 Å². The van der Waals surface area contributed by atoms with E-state index in [0.717, 1.165) is 26.1 Å². The van der Waals surface area contributed by atoms with Crippen molar-refractivity contribution in [2.45, 2.75) is 25.0 Å². The van der Waals surface area contributed by atoms with Gasteiger partial charge in [-0.25, -0.2) is 0 Å². The Labute approximate surface area is 90.5 Å². The van der Waals surface area contributed by atoms with Crippen molar-refractivity contribution >= 4 is 5.91 Å². The molecule has 1 atom stereocenters. The zero-order valence-electron chi connectivity index (χ0n) is 9.44. The number of amides is 1. The van der Waals surface area contributed by atoms with Crippen LogP contribution in [0.15, 0.2) is 0 Å². The van der Waals surface area contributed by atoms with E-state index in [9.17, 15) is 4.79 Å². The molecule has 0 aliphatic carbocycles. The number of hydrogen-bond acceptors (Lipinski definition) is 4. The average Bonchev–Trinajstić information content (AvgIpc) is 2.30. The molecule has 0 radical (unpaired) electrons. The number of nitrogens with two attached hydrogens (primary N) is 1. The molecule has 1 amide bonds. The molecule has 1 heterocycles. The molecule has 0 spiro atoms. The molecule has 15 heavy (non-hydrogen) atoms. The van der Waals surface area contributed by atoms with Gasteiger partial charge in [0.1, 0.15) is 6.10 Å². The fourth-order valence-electron chi connectivity index (χ4n) is 1.78. The molecule has 1 fully saturated rings. The second-order valence-corrected chi connectivity index (χ2v) is 3.75. The Morgan fingerprint density at radius 1 is 1.60 bits per heavy atom. The highest BCUT2D eigenvalue weighted by Crippen LogP contribution is 2.14. The van der Waals surface area contributed by atoms with Crippen LogP contribution in [0.1, 0.15) is 12.8 Å². The lowest BCUT2D eigenvalue weighted by Gasteiger charge is -2.33. The van der Waals surface area contributed by atoms with Crippen molar-refractivity contribution in [2.75, 3.05) is 33.9 Å². The van der Waals surface area contributed by atoms with Gasteiger partial charge in [-0.2, -0.15) is 0 Å². The Morgan fingerprint density at radius 3 is 2.67 bits per heavy atom. The number of hydrogen-bond donors (Lipinski definition) is 1. The Kier molecular flexibility index (Phi) is 5.01. The lowest BCUT2D eigenvalue weighted by molar-refractivity contribution is -0.143. The molecule has 5 nitrogen and oxygen atoms in total. The first-order valence-corrected chi connectivity index (χ1v) is 5.28. The normalized spacial score (nSPS) is 19.9. The summed E-state index contributed by atoms with van der Waals surface area (Å²) in [5.74, 6) is -0.0353. The van der Waals surface area contributed by atoms with Crippen LogP contribution < -0.4 is 5.73 Å². The average molecular weight is 216 g/mol. The minimum absolute atomic E-state index is 0.0353. The van der Waals surface area contributed by atoms with Gasteiger partial charge >= 0.3 is 0 Å². The Hall–Kier alpha value is -0.650. The quantitative estimate of drug-likeness (QED) is 0.694. The second-order valence-electron chi connectivity index (χ2n) is 3.75. The lowest BCUT2D eigenvalue weighted by Crippen LogP contribution is -2.48. The Balaban J connectivity index is 2.49. The third kappa shape index (κ3) is 3.15. The van der Waals surface area contributed by atoms with Crippen molar-refractivity contribution in [2.24, 2.45) is 5.73 Å². The zero-order chi connectivity index (χ0) is 11.3. The summed E-state index contributed by atoms with van der Waals surface area (Å²) in [6, 6.07) is 0.260. The van der Waals surface area contributed by atoms with Gasteiger partial charge in [-0.1, -0.05) is 0 Å². The molecule has 88 valence electrons. The fraction of sp³-hybridized carbons (Fsp3) is 0.900. The third-order valence-electron chi connectivity index (χ3n) is 2.86. The van der Waals surface area contributed by atoms with E-state index in [2.05, 4.69) is 0 Å². The summed E-state index contributed by atoms with van der Waals surface area (Å²) < 4.78 is 10.3. The molecule has 0 bridgehead atoms. The number of rotatable bonds is 4. The van der Waals surface area contributed by atoms with Crippen LogP contribution in [-0.2, 0) is 14.3 Å². The maximum Gasteiger partial charge on any atom is 0.252 e. The summed E-state index contributed by atoms with van der Waals surface area (Å²) in [4.78, 5) is 13.6. The second kappa shape index (κ2) is 6.05. The van der Waals surface area contributed by atoms with Gasteiger partial charge < -0.3 is 20.1 Å². The molecular weight excluding hydrogens is 196 g/mol. The molecule has 1 rings (SSSR count). The SMILES string of the molecule is COC(CN)C(=O)N(C)C1CCOCC1. The van der Waals surface area contributed by atoms with Crippen LogP contribution >= 0.6 is 0 Å². The predicted octanol–water partition coefficient (Wildman–Crippen LogP) is -0.402. The van der Waals surface area contributed by atoms with Crippen LogP contribution in [0.2, 0.25) is 0 Å². The van der Waals surface area contributed by atoms with Crippen LogP contribution in [0.4, 0.5) is 0 Å². The zero-order valence-corrected chi connectivity index (χ0v) is 9.44. The van der Waals surface area contributed by atoms with Gasteiger partial charge in [0, 0.05) is 40.0 Å². The topological polar surface area (TPSA) is 64.8 Å². The van der Waals surface area contributed by atoms with Gasteiger partial charge in [-0.05, 0) is 12.8 Å². The van der Waals surface area contributed by atoms with Crippen LogP contribution in [0.5, 0.6) is 0 Å². The molecule has 0 aromatic rings. The Morgan fingerprint density at radius 2 is 2.20 bits per heavy atom. The van der Waals surface area contributed by atoms with Crippen molar-refractivity contribution in [1.29, 1.82) is 0 Å². The van der Waals surface area contributed by atoms with Crippen LogP contribution in [-0.4, -0.2) is 56.9 Å². The predicted molar refractivity (Wildman–Crippen MR) is 56.5 cm³/mol. The van der Waals surface area contributed by atoms with E-state index in [1.165, 1.54) is 7.11 Å². The molecule has 5 heteroatoms. The van der Waals surface area contributed by atoms with Gasteiger partial charge in [-0.15, -0.1) is 0 Å². The highest BCUT2D eigenvalue weighted by molar-refractivity contribution is 5.81. The molecule has 2 N–H and O–H groups in total. The first-order valence-electron chi connectivity index (χ1n) is 5.28. The molecule has 0 saturated carbocycles. The van der Waals surface area contributed by atoms with Gasteiger partial charge in [-0.3, -0.25) is 4.79 Å².